The lowest BCUT2D eigenvalue weighted by atomic mass is 10.2. The number of hydrogen-bond donors (Lipinski definition) is 1. The van der Waals surface area contributed by atoms with E-state index in [-0.39, 0.29) is 6.04 Å². The highest BCUT2D eigenvalue weighted by Crippen LogP contribution is 2.36. The number of nitrogens with two attached hydrogens (primary N) is 1. The fourth-order valence-corrected chi connectivity index (χ4v) is 4.15. The van der Waals surface area contributed by atoms with Crippen LogP contribution in [0.15, 0.2) is 15.9 Å². The Morgan fingerprint density at radius 2 is 2.36 bits per heavy atom. The number of thioether (sulfide) groups is 1. The number of rotatable bonds is 5. The summed E-state index contributed by atoms with van der Waals surface area (Å²) in [5.74, 6) is 1.18. The van der Waals surface area contributed by atoms with Gasteiger partial charge in [-0.05, 0) is 41.1 Å². The topological polar surface area (TPSA) is 26.0 Å². The van der Waals surface area contributed by atoms with Crippen LogP contribution in [0.5, 0.6) is 0 Å². The molecule has 0 aliphatic carbocycles. The normalized spacial score (nSPS) is 15.4. The van der Waals surface area contributed by atoms with Gasteiger partial charge in [-0.2, -0.15) is 11.8 Å². The maximum absolute atomic E-state index is 5.99. The van der Waals surface area contributed by atoms with Crippen molar-refractivity contribution in [3.05, 3.63) is 20.8 Å². The zero-order valence-electron chi connectivity index (χ0n) is 8.50. The van der Waals surface area contributed by atoms with E-state index in [1.54, 1.807) is 11.3 Å². The van der Waals surface area contributed by atoms with Crippen LogP contribution < -0.4 is 5.73 Å². The summed E-state index contributed by atoms with van der Waals surface area (Å²) in [7, 11) is 0. The molecule has 0 saturated heterocycles. The third-order valence-electron chi connectivity index (χ3n) is 1.85. The van der Waals surface area contributed by atoms with Crippen LogP contribution in [0.3, 0.4) is 0 Å². The SMILES string of the molecule is CCCSC(c1cc(Br)cs1)C(C)N. The third-order valence-corrected chi connectivity index (χ3v) is 5.46. The van der Waals surface area contributed by atoms with Crippen LogP contribution in [0.1, 0.15) is 30.4 Å². The zero-order valence-corrected chi connectivity index (χ0v) is 11.7. The van der Waals surface area contributed by atoms with Crippen molar-refractivity contribution in [2.75, 3.05) is 5.75 Å². The van der Waals surface area contributed by atoms with Gasteiger partial charge >= 0.3 is 0 Å². The van der Waals surface area contributed by atoms with E-state index in [4.69, 9.17) is 5.73 Å². The molecule has 2 atom stereocenters. The smallest absolute Gasteiger partial charge is 0.0539 e. The third kappa shape index (κ3) is 3.57. The molecular weight excluding hydrogens is 278 g/mol. The first-order valence-electron chi connectivity index (χ1n) is 4.76. The highest BCUT2D eigenvalue weighted by Gasteiger charge is 2.17. The average molecular weight is 294 g/mol. The molecule has 0 amide bonds. The van der Waals surface area contributed by atoms with Gasteiger partial charge in [0.25, 0.3) is 0 Å². The van der Waals surface area contributed by atoms with Crippen LogP contribution in [0.2, 0.25) is 0 Å². The second-order valence-corrected chi connectivity index (χ2v) is 6.43. The molecule has 80 valence electrons. The second kappa shape index (κ2) is 6.16. The van der Waals surface area contributed by atoms with Crippen LogP contribution in [0.4, 0.5) is 0 Å². The molecule has 2 N–H and O–H groups in total. The van der Waals surface area contributed by atoms with Crippen LogP contribution >= 0.6 is 39.0 Å². The number of thiophene rings is 1. The van der Waals surface area contributed by atoms with Gasteiger partial charge in [-0.1, -0.05) is 6.92 Å². The van der Waals surface area contributed by atoms with Crippen molar-refractivity contribution in [1.29, 1.82) is 0 Å². The van der Waals surface area contributed by atoms with Crippen molar-refractivity contribution in [3.8, 4) is 0 Å². The lowest BCUT2D eigenvalue weighted by Gasteiger charge is -2.18. The second-order valence-electron chi connectivity index (χ2n) is 3.32. The summed E-state index contributed by atoms with van der Waals surface area (Å²) >= 11 is 7.23. The summed E-state index contributed by atoms with van der Waals surface area (Å²) in [5.41, 5.74) is 5.99. The average Bonchev–Trinajstić information content (AvgIpc) is 2.52. The maximum Gasteiger partial charge on any atom is 0.0539 e. The molecule has 0 aromatic carbocycles. The molecule has 0 bridgehead atoms. The van der Waals surface area contributed by atoms with Gasteiger partial charge in [0.1, 0.15) is 0 Å². The molecule has 4 heteroatoms. The fourth-order valence-electron chi connectivity index (χ4n) is 1.22. The minimum atomic E-state index is 0.220. The Balaban J connectivity index is 2.67. The molecule has 1 aromatic rings. The molecule has 0 saturated carbocycles. The van der Waals surface area contributed by atoms with E-state index in [0.29, 0.717) is 5.25 Å². The molecule has 1 nitrogen and oxygen atoms in total. The number of hydrogen-bond acceptors (Lipinski definition) is 3. The summed E-state index contributed by atoms with van der Waals surface area (Å²) in [6.07, 6.45) is 1.21. The lowest BCUT2D eigenvalue weighted by molar-refractivity contribution is 0.729. The van der Waals surface area contributed by atoms with E-state index in [2.05, 4.69) is 41.2 Å². The van der Waals surface area contributed by atoms with Gasteiger partial charge in [-0.15, -0.1) is 11.3 Å². The highest BCUT2D eigenvalue weighted by atomic mass is 79.9. The summed E-state index contributed by atoms with van der Waals surface area (Å²) < 4.78 is 1.17. The molecule has 14 heavy (non-hydrogen) atoms. The van der Waals surface area contributed by atoms with Crippen LogP contribution in [-0.4, -0.2) is 11.8 Å². The molecule has 1 rings (SSSR count). The largest absolute Gasteiger partial charge is 0.327 e. The van der Waals surface area contributed by atoms with Crippen molar-refractivity contribution < 1.29 is 0 Å². The fraction of sp³-hybridized carbons (Fsp3) is 0.600. The summed E-state index contributed by atoms with van der Waals surface area (Å²) in [4.78, 5) is 1.38. The van der Waals surface area contributed by atoms with Gasteiger partial charge in [0, 0.05) is 20.8 Å². The van der Waals surface area contributed by atoms with Gasteiger partial charge in [0.05, 0.1) is 5.25 Å². The van der Waals surface area contributed by atoms with Crippen molar-refractivity contribution in [3.63, 3.8) is 0 Å². The van der Waals surface area contributed by atoms with E-state index in [9.17, 15) is 0 Å². The highest BCUT2D eigenvalue weighted by molar-refractivity contribution is 9.10. The molecule has 0 aliphatic rings. The molecule has 0 radical (unpaired) electrons. The summed E-state index contributed by atoms with van der Waals surface area (Å²) in [5, 5.41) is 2.57. The Morgan fingerprint density at radius 3 is 2.79 bits per heavy atom. The van der Waals surface area contributed by atoms with Gasteiger partial charge in [-0.3, -0.25) is 0 Å². The van der Waals surface area contributed by atoms with Crippen molar-refractivity contribution >= 4 is 39.0 Å². The molecule has 1 heterocycles. The predicted octanol–water partition coefficient (Wildman–Crippen LogP) is 4.04. The first kappa shape index (κ1) is 12.6. The van der Waals surface area contributed by atoms with Crippen molar-refractivity contribution in [1.82, 2.24) is 0 Å². The Bertz CT molecular complexity index is 273. The van der Waals surface area contributed by atoms with Crippen LogP contribution in [0, 0.1) is 0 Å². The predicted molar refractivity (Wildman–Crippen MR) is 71.2 cm³/mol. The maximum atomic E-state index is 5.99. The quantitative estimate of drug-likeness (QED) is 0.887. The van der Waals surface area contributed by atoms with Gasteiger partial charge < -0.3 is 5.73 Å². The molecular formula is C10H16BrNS2. The molecule has 2 unspecified atom stereocenters. The van der Waals surface area contributed by atoms with E-state index >= 15 is 0 Å². The van der Waals surface area contributed by atoms with Crippen molar-refractivity contribution in [2.45, 2.75) is 31.6 Å². The molecule has 0 aliphatic heterocycles. The van der Waals surface area contributed by atoms with Gasteiger partial charge in [0.15, 0.2) is 0 Å². The van der Waals surface area contributed by atoms with Crippen molar-refractivity contribution in [2.24, 2.45) is 5.73 Å². The minimum absolute atomic E-state index is 0.220. The molecule has 0 fully saturated rings. The van der Waals surface area contributed by atoms with Crippen LogP contribution in [0.25, 0.3) is 0 Å². The molecule has 1 aromatic heterocycles. The van der Waals surface area contributed by atoms with E-state index in [1.165, 1.54) is 21.5 Å². The van der Waals surface area contributed by atoms with Crippen LogP contribution in [-0.2, 0) is 0 Å². The Kier molecular flexibility index (Phi) is 5.52. The van der Waals surface area contributed by atoms with Gasteiger partial charge in [-0.25, -0.2) is 0 Å². The zero-order chi connectivity index (χ0) is 10.6. The number of halogens is 1. The first-order valence-corrected chi connectivity index (χ1v) is 7.48. The monoisotopic (exact) mass is 293 g/mol. The Labute approximate surface area is 103 Å². The summed E-state index contributed by atoms with van der Waals surface area (Å²) in [6, 6.07) is 2.40. The van der Waals surface area contributed by atoms with Gasteiger partial charge in [0.2, 0.25) is 0 Å². The Hall–Kier alpha value is 0.490. The molecule has 0 spiro atoms. The summed E-state index contributed by atoms with van der Waals surface area (Å²) in [6.45, 7) is 4.29. The van der Waals surface area contributed by atoms with E-state index in [0.717, 1.165) is 0 Å². The Morgan fingerprint density at radius 1 is 1.64 bits per heavy atom. The van der Waals surface area contributed by atoms with E-state index in [1.807, 2.05) is 11.8 Å². The minimum Gasteiger partial charge on any atom is -0.327 e. The lowest BCUT2D eigenvalue weighted by Crippen LogP contribution is -2.22. The standard InChI is InChI=1S/C10H16BrNS2/c1-3-4-13-10(7(2)12)9-5-8(11)6-14-9/h5-7,10H,3-4,12H2,1-2H3. The first-order chi connectivity index (χ1) is 6.65. The van der Waals surface area contributed by atoms with E-state index < -0.39 is 0 Å².